The number of benzene rings is 1. The first-order chi connectivity index (χ1) is 15.1. The minimum absolute atomic E-state index is 0.351. The summed E-state index contributed by atoms with van der Waals surface area (Å²) in [7, 11) is 3.07. The quantitative estimate of drug-likeness (QED) is 0.655. The number of likely N-dealkylation sites (tertiary alicyclic amines) is 1. The molecule has 3 heterocycles. The number of ether oxygens (including phenoxy) is 2. The predicted octanol–water partition coefficient (Wildman–Crippen LogP) is 2.04. The number of esters is 1. The highest BCUT2D eigenvalue weighted by atomic mass is 16.5. The van der Waals surface area contributed by atoms with Crippen molar-refractivity contribution in [2.24, 2.45) is 5.92 Å². The lowest BCUT2D eigenvalue weighted by molar-refractivity contribution is 0.0601. The summed E-state index contributed by atoms with van der Waals surface area (Å²) in [5.74, 6) is 1.06. The van der Waals surface area contributed by atoms with E-state index in [1.165, 1.54) is 7.11 Å². The first kappa shape index (κ1) is 21.5. The molecule has 1 unspecified atom stereocenters. The number of nitrogens with zero attached hydrogens (tertiary/aromatic N) is 3. The molecule has 2 aliphatic rings. The number of allylic oxidation sites excluding steroid dienone is 3. The number of carbonyl (C=O) groups excluding carboxylic acids is 1. The van der Waals surface area contributed by atoms with Crippen LogP contribution in [0.2, 0.25) is 0 Å². The van der Waals surface area contributed by atoms with E-state index in [2.05, 4.69) is 20.9 Å². The summed E-state index contributed by atoms with van der Waals surface area (Å²) in [6.45, 7) is 3.91. The van der Waals surface area contributed by atoms with Crippen LogP contribution in [0, 0.1) is 5.92 Å². The van der Waals surface area contributed by atoms with Gasteiger partial charge in [0.2, 0.25) is 0 Å². The van der Waals surface area contributed by atoms with Crippen molar-refractivity contribution >= 4 is 17.0 Å². The van der Waals surface area contributed by atoms with E-state index in [4.69, 9.17) is 14.5 Å². The van der Waals surface area contributed by atoms with Crippen LogP contribution in [-0.4, -0.2) is 65.7 Å². The minimum Gasteiger partial charge on any atom is -0.465 e. The van der Waals surface area contributed by atoms with Crippen molar-refractivity contribution in [1.82, 2.24) is 19.8 Å². The SMILES string of the molecule is COCCn1c(CN2CCC(C3=CC=CC(O)N3)CC2)nc2ccc(C(=O)OC)cc21. The summed E-state index contributed by atoms with van der Waals surface area (Å²) < 4.78 is 12.3. The van der Waals surface area contributed by atoms with E-state index in [1.807, 2.05) is 18.2 Å². The number of hydrogen-bond donors (Lipinski definition) is 2. The Kier molecular flexibility index (Phi) is 6.70. The number of nitrogens with one attached hydrogen (secondary N) is 1. The fourth-order valence-electron chi connectivity index (χ4n) is 4.36. The number of methoxy groups -OCH3 is 2. The number of piperidine rings is 1. The molecule has 1 saturated heterocycles. The first-order valence-electron chi connectivity index (χ1n) is 10.7. The zero-order valence-corrected chi connectivity index (χ0v) is 18.1. The average molecular weight is 427 g/mol. The van der Waals surface area contributed by atoms with Crippen LogP contribution in [0.3, 0.4) is 0 Å². The fourth-order valence-corrected chi connectivity index (χ4v) is 4.36. The highest BCUT2D eigenvalue weighted by Gasteiger charge is 2.25. The van der Waals surface area contributed by atoms with Gasteiger partial charge >= 0.3 is 5.97 Å². The lowest BCUT2D eigenvalue weighted by Crippen LogP contribution is -2.39. The van der Waals surface area contributed by atoms with E-state index >= 15 is 0 Å². The molecule has 0 spiro atoms. The Morgan fingerprint density at radius 2 is 2.10 bits per heavy atom. The van der Waals surface area contributed by atoms with Crippen molar-refractivity contribution in [3.8, 4) is 0 Å². The van der Waals surface area contributed by atoms with E-state index in [9.17, 15) is 9.90 Å². The molecule has 4 rings (SSSR count). The maximum atomic E-state index is 12.0. The van der Waals surface area contributed by atoms with Crippen molar-refractivity contribution in [3.05, 3.63) is 53.5 Å². The molecule has 0 amide bonds. The number of aliphatic hydroxyl groups excluding tert-OH is 1. The Balaban J connectivity index is 1.49. The van der Waals surface area contributed by atoms with Gasteiger partial charge in [-0.2, -0.15) is 0 Å². The number of dihydropyridines is 1. The van der Waals surface area contributed by atoms with Crippen LogP contribution in [0.1, 0.15) is 29.0 Å². The third kappa shape index (κ3) is 4.81. The molecule has 1 atom stereocenters. The molecular formula is C23H30N4O4. The maximum Gasteiger partial charge on any atom is 0.337 e. The molecular weight excluding hydrogens is 396 g/mol. The normalized spacial score (nSPS) is 20.0. The second-order valence-corrected chi connectivity index (χ2v) is 8.01. The van der Waals surface area contributed by atoms with E-state index in [-0.39, 0.29) is 5.97 Å². The van der Waals surface area contributed by atoms with Gasteiger partial charge in [-0.15, -0.1) is 0 Å². The van der Waals surface area contributed by atoms with Crippen LogP contribution in [0.25, 0.3) is 11.0 Å². The molecule has 2 aromatic rings. The Morgan fingerprint density at radius 3 is 2.81 bits per heavy atom. The van der Waals surface area contributed by atoms with Gasteiger partial charge in [0.05, 0.1) is 36.9 Å². The number of hydrogen-bond acceptors (Lipinski definition) is 7. The lowest BCUT2D eigenvalue weighted by Gasteiger charge is -2.34. The molecule has 8 heteroatoms. The highest BCUT2D eigenvalue weighted by Crippen LogP contribution is 2.27. The second kappa shape index (κ2) is 9.64. The number of aliphatic hydroxyl groups is 1. The van der Waals surface area contributed by atoms with Crippen LogP contribution >= 0.6 is 0 Å². The van der Waals surface area contributed by atoms with Crippen LogP contribution < -0.4 is 5.32 Å². The molecule has 8 nitrogen and oxygen atoms in total. The van der Waals surface area contributed by atoms with E-state index < -0.39 is 6.23 Å². The largest absolute Gasteiger partial charge is 0.465 e. The van der Waals surface area contributed by atoms with Gasteiger partial charge in [-0.1, -0.05) is 6.08 Å². The molecule has 0 radical (unpaired) electrons. The fraction of sp³-hybridized carbons (Fsp3) is 0.478. The smallest absolute Gasteiger partial charge is 0.337 e. The molecule has 1 aromatic carbocycles. The van der Waals surface area contributed by atoms with Crippen LogP contribution in [0.15, 0.2) is 42.1 Å². The van der Waals surface area contributed by atoms with Gasteiger partial charge in [0, 0.05) is 25.3 Å². The van der Waals surface area contributed by atoms with Crippen LogP contribution in [0.5, 0.6) is 0 Å². The van der Waals surface area contributed by atoms with Gasteiger partial charge in [0.1, 0.15) is 12.1 Å². The number of carbonyl (C=O) groups is 1. The van der Waals surface area contributed by atoms with Crippen molar-refractivity contribution in [2.75, 3.05) is 33.9 Å². The molecule has 0 bridgehead atoms. The summed E-state index contributed by atoms with van der Waals surface area (Å²) in [5.41, 5.74) is 3.43. The number of imidazole rings is 1. The Bertz CT molecular complexity index is 989. The summed E-state index contributed by atoms with van der Waals surface area (Å²) in [4.78, 5) is 19.2. The summed E-state index contributed by atoms with van der Waals surface area (Å²) in [6, 6.07) is 5.48. The third-order valence-corrected chi connectivity index (χ3v) is 6.04. The van der Waals surface area contributed by atoms with E-state index in [0.29, 0.717) is 24.6 Å². The number of aromatic nitrogens is 2. The molecule has 0 aliphatic carbocycles. The summed E-state index contributed by atoms with van der Waals surface area (Å²) >= 11 is 0. The van der Waals surface area contributed by atoms with Gasteiger partial charge in [0.15, 0.2) is 0 Å². The third-order valence-electron chi connectivity index (χ3n) is 6.04. The van der Waals surface area contributed by atoms with Crippen molar-refractivity contribution in [2.45, 2.75) is 32.2 Å². The average Bonchev–Trinajstić information content (AvgIpc) is 3.13. The molecule has 2 N–H and O–H groups in total. The number of rotatable bonds is 7. The van der Waals surface area contributed by atoms with Crippen LogP contribution in [0.4, 0.5) is 0 Å². The monoisotopic (exact) mass is 426 g/mol. The Hall–Kier alpha value is -2.68. The molecule has 1 aromatic heterocycles. The second-order valence-electron chi connectivity index (χ2n) is 8.01. The van der Waals surface area contributed by atoms with Gasteiger partial charge in [-0.05, 0) is 56.3 Å². The predicted molar refractivity (Wildman–Crippen MR) is 117 cm³/mol. The maximum absolute atomic E-state index is 12.0. The summed E-state index contributed by atoms with van der Waals surface area (Å²) in [5, 5.41) is 13.0. The Labute approximate surface area is 182 Å². The standard InChI is InChI=1S/C23H30N4O4/c1-30-13-12-27-20-14-17(23(29)31-2)6-7-19(20)24-21(27)15-26-10-8-16(9-11-26)18-4-3-5-22(28)25-18/h3-7,14,16,22,25,28H,8-13,15H2,1-2H3. The summed E-state index contributed by atoms with van der Waals surface area (Å²) in [6.07, 6.45) is 7.21. The number of fused-ring (bicyclic) bond motifs is 1. The topological polar surface area (TPSA) is 88.9 Å². The van der Waals surface area contributed by atoms with E-state index in [1.54, 1.807) is 19.3 Å². The van der Waals surface area contributed by atoms with Crippen molar-refractivity contribution in [1.29, 1.82) is 0 Å². The zero-order chi connectivity index (χ0) is 21.8. The minimum atomic E-state index is -0.589. The van der Waals surface area contributed by atoms with Crippen molar-refractivity contribution < 1.29 is 19.4 Å². The van der Waals surface area contributed by atoms with E-state index in [0.717, 1.165) is 55.0 Å². The van der Waals surface area contributed by atoms with Crippen LogP contribution in [-0.2, 0) is 22.6 Å². The first-order valence-corrected chi connectivity index (χ1v) is 10.7. The molecule has 166 valence electrons. The molecule has 31 heavy (non-hydrogen) atoms. The lowest BCUT2D eigenvalue weighted by atomic mass is 9.92. The zero-order valence-electron chi connectivity index (χ0n) is 18.1. The molecule has 2 aliphatic heterocycles. The highest BCUT2D eigenvalue weighted by molar-refractivity contribution is 5.93. The van der Waals surface area contributed by atoms with Gasteiger partial charge in [0.25, 0.3) is 0 Å². The molecule has 1 fully saturated rings. The van der Waals surface area contributed by atoms with Crippen molar-refractivity contribution in [3.63, 3.8) is 0 Å². The molecule has 0 saturated carbocycles. The van der Waals surface area contributed by atoms with Gasteiger partial charge in [-0.25, -0.2) is 9.78 Å². The Morgan fingerprint density at radius 1 is 1.29 bits per heavy atom. The van der Waals surface area contributed by atoms with Gasteiger partial charge < -0.3 is 24.5 Å². The van der Waals surface area contributed by atoms with Gasteiger partial charge in [-0.3, -0.25) is 4.90 Å².